The van der Waals surface area contributed by atoms with Crippen LogP contribution in [0, 0.1) is 33.5 Å². The van der Waals surface area contributed by atoms with Crippen LogP contribution in [-0.4, -0.2) is 11.8 Å². The number of nitrogens with two attached hydrogens (primary N) is 1. The van der Waals surface area contributed by atoms with E-state index in [1.807, 2.05) is 18.2 Å². The highest BCUT2D eigenvalue weighted by molar-refractivity contribution is 5.94. The third kappa shape index (κ3) is 4.78. The molecule has 0 bridgehead atoms. The minimum absolute atomic E-state index is 0.0604. The van der Waals surface area contributed by atoms with Crippen LogP contribution >= 0.6 is 0 Å². The van der Waals surface area contributed by atoms with Crippen LogP contribution < -0.4 is 16.4 Å². The summed E-state index contributed by atoms with van der Waals surface area (Å²) in [5, 5.41) is 25.4. The number of hydrogen-bond donors (Lipinski definition) is 3. The van der Waals surface area contributed by atoms with Crippen LogP contribution in [0.3, 0.4) is 0 Å². The number of anilines is 2. The Hall–Kier alpha value is -4.36. The highest BCUT2D eigenvalue weighted by Gasteiger charge is 2.51. The average molecular weight is 440 g/mol. The predicted molar refractivity (Wildman–Crippen MR) is 126 cm³/mol. The Kier molecular flexibility index (Phi) is 6.65. The molecule has 0 spiro atoms. The molecule has 2 amide bonds. The molecule has 2 aromatic carbocycles. The molecule has 33 heavy (non-hydrogen) atoms. The molecule has 0 heterocycles. The number of hydrogen-bond acceptors (Lipinski definition) is 5. The summed E-state index contributed by atoms with van der Waals surface area (Å²) in [5.41, 5.74) is 5.79. The van der Waals surface area contributed by atoms with Crippen molar-refractivity contribution in [2.45, 2.75) is 26.7 Å². The van der Waals surface area contributed by atoms with Gasteiger partial charge in [-0.05, 0) is 36.8 Å². The summed E-state index contributed by atoms with van der Waals surface area (Å²) in [5.74, 6) is -0.632. The smallest absolute Gasteiger partial charge is 0.228 e. The van der Waals surface area contributed by atoms with Crippen molar-refractivity contribution in [1.29, 1.82) is 10.5 Å². The molecular weight excluding hydrogens is 414 g/mol. The number of amides is 2. The molecule has 7 heteroatoms. The molecule has 2 aromatic rings. The van der Waals surface area contributed by atoms with Gasteiger partial charge in [0, 0.05) is 28.9 Å². The third-order valence-electron chi connectivity index (χ3n) is 6.09. The van der Waals surface area contributed by atoms with E-state index >= 15 is 0 Å². The van der Waals surface area contributed by atoms with E-state index in [0.717, 1.165) is 0 Å². The molecule has 3 rings (SSSR count). The molecule has 0 saturated heterocycles. The SMILES string of the molecule is CC1(CC(=O)Nc2ccccc2)C=C(CC(=O)Nc2ccccc2)C(C#N)=C(N)C1(C)C#N. The highest BCUT2D eigenvalue weighted by atomic mass is 16.2. The van der Waals surface area contributed by atoms with Gasteiger partial charge in [-0.2, -0.15) is 10.5 Å². The average Bonchev–Trinajstić information content (AvgIpc) is 2.79. The zero-order valence-corrected chi connectivity index (χ0v) is 18.6. The maximum absolute atomic E-state index is 12.9. The first-order chi connectivity index (χ1) is 15.7. The lowest BCUT2D eigenvalue weighted by Gasteiger charge is -2.43. The molecule has 4 N–H and O–H groups in total. The van der Waals surface area contributed by atoms with Gasteiger partial charge in [0.15, 0.2) is 0 Å². The van der Waals surface area contributed by atoms with Crippen LogP contribution in [-0.2, 0) is 9.59 Å². The van der Waals surface area contributed by atoms with Crippen LogP contribution in [0.1, 0.15) is 26.7 Å². The molecule has 7 nitrogen and oxygen atoms in total. The summed E-state index contributed by atoms with van der Waals surface area (Å²) in [4.78, 5) is 25.6. The van der Waals surface area contributed by atoms with Gasteiger partial charge < -0.3 is 16.4 Å². The second-order valence-electron chi connectivity index (χ2n) is 8.41. The van der Waals surface area contributed by atoms with E-state index in [-0.39, 0.29) is 35.9 Å². The fourth-order valence-corrected chi connectivity index (χ4v) is 3.98. The largest absolute Gasteiger partial charge is 0.400 e. The van der Waals surface area contributed by atoms with Gasteiger partial charge in [0.25, 0.3) is 0 Å². The lowest BCUT2D eigenvalue weighted by molar-refractivity contribution is -0.118. The van der Waals surface area contributed by atoms with Crippen molar-refractivity contribution >= 4 is 23.2 Å². The zero-order chi connectivity index (χ0) is 24.1. The van der Waals surface area contributed by atoms with E-state index in [9.17, 15) is 20.1 Å². The quantitative estimate of drug-likeness (QED) is 0.619. The maximum Gasteiger partial charge on any atom is 0.228 e. The molecule has 0 radical (unpaired) electrons. The minimum Gasteiger partial charge on any atom is -0.400 e. The van der Waals surface area contributed by atoms with Crippen LogP contribution in [0.5, 0.6) is 0 Å². The van der Waals surface area contributed by atoms with Crippen molar-refractivity contribution in [1.82, 2.24) is 0 Å². The minimum atomic E-state index is -1.31. The van der Waals surface area contributed by atoms with Gasteiger partial charge in [0.1, 0.15) is 11.5 Å². The van der Waals surface area contributed by atoms with Crippen molar-refractivity contribution in [2.24, 2.45) is 16.6 Å². The van der Waals surface area contributed by atoms with Gasteiger partial charge in [-0.15, -0.1) is 0 Å². The number of nitrogens with zero attached hydrogens (tertiary/aromatic N) is 2. The topological polar surface area (TPSA) is 132 Å². The number of carbonyl (C=O) groups excluding carboxylic acids is 2. The Balaban J connectivity index is 1.91. The number of para-hydroxylation sites is 2. The molecule has 2 unspecified atom stereocenters. The van der Waals surface area contributed by atoms with Crippen LogP contribution in [0.2, 0.25) is 0 Å². The summed E-state index contributed by atoms with van der Waals surface area (Å²) < 4.78 is 0. The normalized spacial score (nSPS) is 21.9. The fraction of sp³-hybridized carbons (Fsp3) is 0.231. The van der Waals surface area contributed by atoms with Crippen LogP contribution in [0.15, 0.2) is 83.6 Å². The number of carbonyl (C=O) groups is 2. The first-order valence-electron chi connectivity index (χ1n) is 10.5. The van der Waals surface area contributed by atoms with Crippen molar-refractivity contribution in [2.75, 3.05) is 10.6 Å². The number of rotatable bonds is 6. The molecule has 1 aliphatic rings. The Morgan fingerprint density at radius 2 is 1.42 bits per heavy atom. The third-order valence-corrected chi connectivity index (χ3v) is 6.09. The molecular formula is C26H25N5O2. The van der Waals surface area contributed by atoms with E-state index in [4.69, 9.17) is 5.73 Å². The number of nitriles is 2. The lowest BCUT2D eigenvalue weighted by Crippen LogP contribution is -2.45. The fourth-order valence-electron chi connectivity index (χ4n) is 3.98. The van der Waals surface area contributed by atoms with Crippen molar-refractivity contribution in [3.05, 3.63) is 83.6 Å². The first kappa shape index (κ1) is 23.3. The summed E-state index contributed by atoms with van der Waals surface area (Å²) in [7, 11) is 0. The van der Waals surface area contributed by atoms with E-state index in [0.29, 0.717) is 16.9 Å². The molecule has 0 aliphatic heterocycles. The summed E-state index contributed by atoms with van der Waals surface area (Å²) >= 11 is 0. The summed E-state index contributed by atoms with van der Waals surface area (Å²) in [6.07, 6.45) is 1.51. The van der Waals surface area contributed by atoms with Crippen molar-refractivity contribution in [3.63, 3.8) is 0 Å². The highest BCUT2D eigenvalue weighted by Crippen LogP contribution is 2.52. The molecule has 2 atom stereocenters. The van der Waals surface area contributed by atoms with Gasteiger partial charge in [-0.25, -0.2) is 0 Å². The first-order valence-corrected chi connectivity index (χ1v) is 10.5. The molecule has 166 valence electrons. The number of nitrogens with one attached hydrogen (secondary N) is 2. The maximum atomic E-state index is 12.9. The predicted octanol–water partition coefficient (Wildman–Crippen LogP) is 4.26. The molecule has 1 aliphatic carbocycles. The molecule has 0 fully saturated rings. The Bertz CT molecular complexity index is 1200. The van der Waals surface area contributed by atoms with Gasteiger partial charge >= 0.3 is 0 Å². The second kappa shape index (κ2) is 9.42. The summed E-state index contributed by atoms with van der Waals surface area (Å²) in [6.45, 7) is 3.36. The van der Waals surface area contributed by atoms with Crippen LogP contribution in [0.4, 0.5) is 11.4 Å². The van der Waals surface area contributed by atoms with Gasteiger partial charge in [0.05, 0.1) is 18.1 Å². The van der Waals surface area contributed by atoms with Crippen molar-refractivity contribution < 1.29 is 9.59 Å². The van der Waals surface area contributed by atoms with E-state index in [1.165, 1.54) is 0 Å². The van der Waals surface area contributed by atoms with Crippen molar-refractivity contribution in [3.8, 4) is 12.1 Å². The van der Waals surface area contributed by atoms with Crippen LogP contribution in [0.25, 0.3) is 0 Å². The standard InChI is InChI=1S/C26H25N5O2/c1-25(15-23(33)31-20-11-7-4-8-12-20)14-18(21(16-27)24(29)26(25,2)17-28)13-22(32)30-19-9-5-3-6-10-19/h3-12,14H,13,15,29H2,1-2H3,(H,30,32)(H,31,33). The Labute approximate surface area is 193 Å². The second-order valence-corrected chi connectivity index (χ2v) is 8.41. The summed E-state index contributed by atoms with van der Waals surface area (Å²) in [6, 6.07) is 22.2. The molecule has 0 aromatic heterocycles. The monoisotopic (exact) mass is 439 g/mol. The zero-order valence-electron chi connectivity index (χ0n) is 18.6. The van der Waals surface area contributed by atoms with Gasteiger partial charge in [-0.3, -0.25) is 9.59 Å². The van der Waals surface area contributed by atoms with E-state index in [2.05, 4.69) is 16.7 Å². The Morgan fingerprint density at radius 3 is 1.91 bits per heavy atom. The van der Waals surface area contributed by atoms with E-state index in [1.54, 1.807) is 68.5 Å². The van der Waals surface area contributed by atoms with E-state index < -0.39 is 10.8 Å². The number of allylic oxidation sites excluding steroid dienone is 3. The van der Waals surface area contributed by atoms with Gasteiger partial charge in [0.2, 0.25) is 11.8 Å². The molecule has 0 saturated carbocycles. The van der Waals surface area contributed by atoms with Gasteiger partial charge in [-0.1, -0.05) is 49.4 Å². The Morgan fingerprint density at radius 1 is 0.909 bits per heavy atom. The lowest BCUT2D eigenvalue weighted by atomic mass is 9.58. The number of benzene rings is 2.